The minimum absolute atomic E-state index is 0.293. The van der Waals surface area contributed by atoms with Crippen LogP contribution in [0.3, 0.4) is 0 Å². The van der Waals surface area contributed by atoms with Crippen LogP contribution < -0.4 is 4.74 Å². The number of fused-ring (bicyclic) bond motifs is 1. The Morgan fingerprint density at radius 1 is 1.33 bits per heavy atom. The van der Waals surface area contributed by atoms with Gasteiger partial charge < -0.3 is 9.84 Å². The summed E-state index contributed by atoms with van der Waals surface area (Å²) in [6.45, 7) is 5.18. The number of rotatable bonds is 1. The van der Waals surface area contributed by atoms with Crippen molar-refractivity contribution in [3.05, 3.63) is 29.3 Å². The van der Waals surface area contributed by atoms with Crippen LogP contribution in [-0.2, 0) is 12.0 Å². The zero-order valence-electron chi connectivity index (χ0n) is 11.3. The number of ether oxygens (including phenoxy) is 1. The lowest BCUT2D eigenvalue weighted by Crippen LogP contribution is -2.40. The first-order chi connectivity index (χ1) is 8.63. The maximum atomic E-state index is 11.2. The van der Waals surface area contributed by atoms with Gasteiger partial charge in [0.1, 0.15) is 5.75 Å². The maximum Gasteiger partial charge on any atom is 0.128 e. The molecule has 2 heteroatoms. The molecule has 2 nitrogen and oxygen atoms in total. The molecule has 1 N–H and O–H groups in total. The lowest BCUT2D eigenvalue weighted by Gasteiger charge is -2.42. The first kappa shape index (κ1) is 12.0. The quantitative estimate of drug-likeness (QED) is 0.824. The Bertz CT molecular complexity index is 454. The number of hydrogen-bond acceptors (Lipinski definition) is 2. The van der Waals surface area contributed by atoms with Gasteiger partial charge in [0.05, 0.1) is 12.2 Å². The van der Waals surface area contributed by atoms with Gasteiger partial charge in [-0.3, -0.25) is 0 Å². The highest BCUT2D eigenvalue weighted by atomic mass is 16.5. The Labute approximate surface area is 109 Å². The van der Waals surface area contributed by atoms with Gasteiger partial charge in [0, 0.05) is 12.0 Å². The molecule has 2 aliphatic rings. The Morgan fingerprint density at radius 2 is 2.17 bits per heavy atom. The molecule has 0 spiro atoms. The summed E-state index contributed by atoms with van der Waals surface area (Å²) in [5.41, 5.74) is 1.58. The molecular formula is C16H22O2. The van der Waals surface area contributed by atoms with Crippen molar-refractivity contribution in [2.75, 3.05) is 6.61 Å². The summed E-state index contributed by atoms with van der Waals surface area (Å²) in [6.07, 6.45) is 4.16. The van der Waals surface area contributed by atoms with E-state index < -0.39 is 5.60 Å². The van der Waals surface area contributed by atoms with E-state index in [0.717, 1.165) is 37.2 Å². The van der Waals surface area contributed by atoms with Crippen LogP contribution in [0, 0.1) is 11.8 Å². The Hall–Kier alpha value is -1.02. The molecule has 1 aliphatic carbocycles. The molecule has 1 fully saturated rings. The van der Waals surface area contributed by atoms with Crippen LogP contribution in [0.15, 0.2) is 18.2 Å². The average Bonchev–Trinajstić information content (AvgIpc) is 2.83. The molecule has 3 unspecified atom stereocenters. The molecular weight excluding hydrogens is 224 g/mol. The molecule has 0 aromatic heterocycles. The predicted octanol–water partition coefficient (Wildman–Crippen LogP) is 3.27. The summed E-state index contributed by atoms with van der Waals surface area (Å²) in [4.78, 5) is 0. The third-order valence-corrected chi connectivity index (χ3v) is 5.00. The lowest BCUT2D eigenvalue weighted by atomic mass is 9.67. The van der Waals surface area contributed by atoms with E-state index in [1.54, 1.807) is 0 Å². The van der Waals surface area contributed by atoms with E-state index >= 15 is 0 Å². The molecule has 0 bridgehead atoms. The van der Waals surface area contributed by atoms with Crippen molar-refractivity contribution >= 4 is 0 Å². The first-order valence-electron chi connectivity index (χ1n) is 7.10. The molecule has 98 valence electrons. The molecule has 3 atom stereocenters. The standard InChI is InChI=1S/C16H22O2/c1-11-5-4-9-16(17,12(11)2)14-7-3-6-13-8-10-18-15(13)14/h3,6-7,11-12,17H,4-5,8-10H2,1-2H3. The molecule has 0 saturated heterocycles. The van der Waals surface area contributed by atoms with Gasteiger partial charge in [-0.05, 0) is 30.2 Å². The fraction of sp³-hybridized carbons (Fsp3) is 0.625. The first-order valence-corrected chi connectivity index (χ1v) is 7.10. The second-order valence-electron chi connectivity index (χ2n) is 5.97. The van der Waals surface area contributed by atoms with Crippen LogP contribution in [-0.4, -0.2) is 11.7 Å². The number of hydrogen-bond donors (Lipinski definition) is 1. The average molecular weight is 246 g/mol. The van der Waals surface area contributed by atoms with Crippen LogP contribution >= 0.6 is 0 Å². The van der Waals surface area contributed by atoms with Crippen molar-refractivity contribution in [2.24, 2.45) is 11.8 Å². The number of para-hydroxylation sites is 1. The van der Waals surface area contributed by atoms with Gasteiger partial charge in [0.25, 0.3) is 0 Å². The molecule has 18 heavy (non-hydrogen) atoms. The highest BCUT2D eigenvalue weighted by Gasteiger charge is 2.43. The fourth-order valence-electron chi connectivity index (χ4n) is 3.58. The topological polar surface area (TPSA) is 29.5 Å². The Morgan fingerprint density at radius 3 is 3.00 bits per heavy atom. The van der Waals surface area contributed by atoms with Crippen molar-refractivity contribution < 1.29 is 9.84 Å². The van der Waals surface area contributed by atoms with Crippen molar-refractivity contribution in [1.82, 2.24) is 0 Å². The lowest BCUT2D eigenvalue weighted by molar-refractivity contribution is -0.0701. The summed E-state index contributed by atoms with van der Waals surface area (Å²) >= 11 is 0. The summed E-state index contributed by atoms with van der Waals surface area (Å²) in [6, 6.07) is 6.23. The van der Waals surface area contributed by atoms with Gasteiger partial charge in [0.2, 0.25) is 0 Å². The van der Waals surface area contributed by atoms with Crippen LogP contribution in [0.2, 0.25) is 0 Å². The van der Waals surface area contributed by atoms with Crippen molar-refractivity contribution in [3.8, 4) is 5.75 Å². The van der Waals surface area contributed by atoms with E-state index in [0.29, 0.717) is 11.8 Å². The van der Waals surface area contributed by atoms with Crippen LogP contribution in [0.4, 0.5) is 0 Å². The fourth-order valence-corrected chi connectivity index (χ4v) is 3.58. The number of aliphatic hydroxyl groups is 1. The molecule has 1 aromatic rings. The smallest absolute Gasteiger partial charge is 0.128 e. The van der Waals surface area contributed by atoms with Gasteiger partial charge in [-0.2, -0.15) is 0 Å². The third kappa shape index (κ3) is 1.66. The second kappa shape index (κ2) is 4.27. The van der Waals surface area contributed by atoms with E-state index in [1.165, 1.54) is 12.0 Å². The zero-order valence-corrected chi connectivity index (χ0v) is 11.3. The molecule has 1 aliphatic heterocycles. The van der Waals surface area contributed by atoms with Crippen LogP contribution in [0.1, 0.15) is 44.2 Å². The third-order valence-electron chi connectivity index (χ3n) is 5.00. The van der Waals surface area contributed by atoms with Gasteiger partial charge in [-0.1, -0.05) is 38.5 Å². The molecule has 1 aromatic carbocycles. The summed E-state index contributed by atoms with van der Waals surface area (Å²) in [5, 5.41) is 11.2. The predicted molar refractivity (Wildman–Crippen MR) is 71.7 cm³/mol. The molecule has 0 radical (unpaired) electrons. The van der Waals surface area contributed by atoms with Gasteiger partial charge in [0.15, 0.2) is 0 Å². The Kier molecular flexibility index (Phi) is 2.86. The molecule has 1 saturated carbocycles. The maximum absolute atomic E-state index is 11.2. The van der Waals surface area contributed by atoms with Crippen molar-refractivity contribution in [2.45, 2.75) is 45.1 Å². The monoisotopic (exact) mass is 246 g/mol. The largest absolute Gasteiger partial charge is 0.493 e. The summed E-state index contributed by atoms with van der Waals surface area (Å²) in [5.74, 6) is 1.82. The van der Waals surface area contributed by atoms with Crippen molar-refractivity contribution in [1.29, 1.82) is 0 Å². The van der Waals surface area contributed by atoms with Gasteiger partial charge in [-0.15, -0.1) is 0 Å². The van der Waals surface area contributed by atoms with Gasteiger partial charge in [-0.25, -0.2) is 0 Å². The SMILES string of the molecule is CC1CCCC(O)(c2cccc3c2OCC3)C1C. The zero-order chi connectivity index (χ0) is 12.8. The van der Waals surface area contributed by atoms with Crippen molar-refractivity contribution in [3.63, 3.8) is 0 Å². The highest BCUT2D eigenvalue weighted by molar-refractivity contribution is 5.47. The molecule has 3 rings (SSSR count). The van der Waals surface area contributed by atoms with Gasteiger partial charge >= 0.3 is 0 Å². The summed E-state index contributed by atoms with van der Waals surface area (Å²) in [7, 11) is 0. The van der Waals surface area contributed by atoms with E-state index in [1.807, 2.05) is 0 Å². The van der Waals surface area contributed by atoms with Crippen LogP contribution in [0.5, 0.6) is 5.75 Å². The molecule has 1 heterocycles. The van der Waals surface area contributed by atoms with Crippen LogP contribution in [0.25, 0.3) is 0 Å². The highest BCUT2D eigenvalue weighted by Crippen LogP contribution is 2.48. The molecule has 0 amide bonds. The second-order valence-corrected chi connectivity index (χ2v) is 5.97. The normalized spacial score (nSPS) is 35.1. The summed E-state index contributed by atoms with van der Waals surface area (Å²) < 4.78 is 5.77. The minimum Gasteiger partial charge on any atom is -0.493 e. The Balaban J connectivity index is 2.06. The van der Waals surface area contributed by atoms with E-state index in [4.69, 9.17) is 4.74 Å². The number of benzene rings is 1. The van der Waals surface area contributed by atoms with E-state index in [2.05, 4.69) is 32.0 Å². The van der Waals surface area contributed by atoms with E-state index in [-0.39, 0.29) is 0 Å². The minimum atomic E-state index is -0.701. The van der Waals surface area contributed by atoms with E-state index in [9.17, 15) is 5.11 Å².